The monoisotopic (exact) mass is 375 g/mol. The Balaban J connectivity index is 1.64. The van der Waals surface area contributed by atoms with Crippen LogP contribution in [0.5, 0.6) is 0 Å². The Labute approximate surface area is 157 Å². The standard InChI is InChI=1S/C20H19Cl2NO2/c1-13(20(24)14-5-3-2-4-6-14)23-12-16-8-10-19(25-16)17-9-7-15(21)11-18(17)22/h2-11,13,20,23-24H,12H2,1H3. The van der Waals surface area contributed by atoms with Gasteiger partial charge in [-0.2, -0.15) is 0 Å². The van der Waals surface area contributed by atoms with Gasteiger partial charge in [-0.25, -0.2) is 0 Å². The molecule has 2 unspecified atom stereocenters. The highest BCUT2D eigenvalue weighted by molar-refractivity contribution is 6.36. The molecule has 3 nitrogen and oxygen atoms in total. The summed E-state index contributed by atoms with van der Waals surface area (Å²) in [6.07, 6.45) is -0.582. The third-order valence-corrected chi connectivity index (χ3v) is 4.62. The number of halogens is 2. The molecule has 2 atom stereocenters. The van der Waals surface area contributed by atoms with Crippen molar-refractivity contribution in [2.24, 2.45) is 0 Å². The lowest BCUT2D eigenvalue weighted by atomic mass is 10.0. The number of nitrogens with one attached hydrogen (secondary N) is 1. The molecule has 0 saturated heterocycles. The van der Waals surface area contributed by atoms with E-state index in [0.29, 0.717) is 22.4 Å². The fourth-order valence-corrected chi connectivity index (χ4v) is 3.12. The number of aliphatic hydroxyl groups excluding tert-OH is 1. The van der Waals surface area contributed by atoms with Gasteiger partial charge in [-0.3, -0.25) is 0 Å². The van der Waals surface area contributed by atoms with E-state index < -0.39 is 6.10 Å². The smallest absolute Gasteiger partial charge is 0.135 e. The van der Waals surface area contributed by atoms with Crippen molar-refractivity contribution in [2.45, 2.75) is 25.6 Å². The largest absolute Gasteiger partial charge is 0.460 e. The van der Waals surface area contributed by atoms with E-state index in [-0.39, 0.29) is 6.04 Å². The number of furan rings is 1. The van der Waals surface area contributed by atoms with Gasteiger partial charge in [-0.1, -0.05) is 53.5 Å². The van der Waals surface area contributed by atoms with Crippen LogP contribution in [0.15, 0.2) is 65.1 Å². The van der Waals surface area contributed by atoms with E-state index >= 15 is 0 Å². The maximum atomic E-state index is 10.4. The van der Waals surface area contributed by atoms with E-state index in [2.05, 4.69) is 5.32 Å². The lowest BCUT2D eigenvalue weighted by molar-refractivity contribution is 0.134. The highest BCUT2D eigenvalue weighted by Gasteiger charge is 2.16. The second-order valence-electron chi connectivity index (χ2n) is 5.92. The summed E-state index contributed by atoms with van der Waals surface area (Å²) >= 11 is 12.1. The molecule has 130 valence electrons. The predicted molar refractivity (Wildman–Crippen MR) is 102 cm³/mol. The number of aliphatic hydroxyl groups is 1. The van der Waals surface area contributed by atoms with Crippen LogP contribution < -0.4 is 5.32 Å². The van der Waals surface area contributed by atoms with Gasteiger partial charge < -0.3 is 14.8 Å². The first-order valence-electron chi connectivity index (χ1n) is 8.05. The maximum absolute atomic E-state index is 10.4. The number of benzene rings is 2. The average molecular weight is 376 g/mol. The molecule has 0 aliphatic heterocycles. The lowest BCUT2D eigenvalue weighted by Crippen LogP contribution is -2.31. The molecule has 0 aliphatic carbocycles. The van der Waals surface area contributed by atoms with Gasteiger partial charge in [0.05, 0.1) is 17.7 Å². The zero-order valence-electron chi connectivity index (χ0n) is 13.7. The van der Waals surface area contributed by atoms with Crippen LogP contribution >= 0.6 is 23.2 Å². The summed E-state index contributed by atoms with van der Waals surface area (Å²) in [7, 11) is 0. The van der Waals surface area contributed by atoms with Gasteiger partial charge in [0.2, 0.25) is 0 Å². The molecule has 0 saturated carbocycles. The molecule has 0 bridgehead atoms. The molecule has 3 rings (SSSR count). The van der Waals surface area contributed by atoms with Crippen molar-refractivity contribution in [1.29, 1.82) is 0 Å². The summed E-state index contributed by atoms with van der Waals surface area (Å²) in [5.41, 5.74) is 1.69. The maximum Gasteiger partial charge on any atom is 0.135 e. The van der Waals surface area contributed by atoms with E-state index in [1.165, 1.54) is 0 Å². The molecule has 0 fully saturated rings. The molecule has 5 heteroatoms. The van der Waals surface area contributed by atoms with Crippen molar-refractivity contribution in [1.82, 2.24) is 5.32 Å². The number of hydrogen-bond acceptors (Lipinski definition) is 3. The Bertz CT molecular complexity index is 833. The Morgan fingerprint density at radius 3 is 2.52 bits per heavy atom. The summed E-state index contributed by atoms with van der Waals surface area (Å²) in [5, 5.41) is 14.8. The van der Waals surface area contributed by atoms with Crippen molar-refractivity contribution < 1.29 is 9.52 Å². The van der Waals surface area contributed by atoms with Gasteiger partial charge in [-0.05, 0) is 42.8 Å². The zero-order chi connectivity index (χ0) is 17.8. The van der Waals surface area contributed by atoms with E-state index in [1.807, 2.05) is 55.5 Å². The normalized spacial score (nSPS) is 13.6. The predicted octanol–water partition coefficient (Wildman–Crippen LogP) is 5.47. The van der Waals surface area contributed by atoms with Crippen molar-refractivity contribution >= 4 is 23.2 Å². The van der Waals surface area contributed by atoms with Crippen molar-refractivity contribution in [2.75, 3.05) is 0 Å². The molecule has 0 aliphatic rings. The van der Waals surface area contributed by atoms with E-state index in [4.69, 9.17) is 27.6 Å². The fourth-order valence-electron chi connectivity index (χ4n) is 2.62. The summed E-state index contributed by atoms with van der Waals surface area (Å²) < 4.78 is 5.85. The first-order chi connectivity index (χ1) is 12.0. The molecular formula is C20H19Cl2NO2. The molecular weight excluding hydrogens is 357 g/mol. The van der Waals surface area contributed by atoms with Crippen LogP contribution in [-0.4, -0.2) is 11.1 Å². The van der Waals surface area contributed by atoms with Crippen LogP contribution in [0.3, 0.4) is 0 Å². The SMILES string of the molecule is CC(NCc1ccc(-c2ccc(Cl)cc2Cl)o1)C(O)c1ccccc1. The Hall–Kier alpha value is -1.78. The molecule has 1 heterocycles. The van der Waals surface area contributed by atoms with E-state index in [1.54, 1.807) is 12.1 Å². The van der Waals surface area contributed by atoms with Gasteiger partial charge in [0.1, 0.15) is 11.5 Å². The van der Waals surface area contributed by atoms with Crippen LogP contribution in [0.4, 0.5) is 0 Å². The van der Waals surface area contributed by atoms with E-state index in [0.717, 1.165) is 16.9 Å². The third-order valence-electron chi connectivity index (χ3n) is 4.07. The highest BCUT2D eigenvalue weighted by Crippen LogP contribution is 2.31. The molecule has 2 N–H and O–H groups in total. The van der Waals surface area contributed by atoms with Gasteiger partial charge in [0.25, 0.3) is 0 Å². The lowest BCUT2D eigenvalue weighted by Gasteiger charge is -2.20. The van der Waals surface area contributed by atoms with Crippen LogP contribution in [0.1, 0.15) is 24.4 Å². The molecule has 0 amide bonds. The van der Waals surface area contributed by atoms with Crippen molar-refractivity contribution in [3.63, 3.8) is 0 Å². The minimum Gasteiger partial charge on any atom is -0.460 e. The van der Waals surface area contributed by atoms with Crippen LogP contribution in [0.25, 0.3) is 11.3 Å². The Kier molecular flexibility index (Phi) is 5.82. The number of hydrogen-bond donors (Lipinski definition) is 2. The van der Waals surface area contributed by atoms with Crippen molar-refractivity contribution in [3.8, 4) is 11.3 Å². The topological polar surface area (TPSA) is 45.4 Å². The van der Waals surface area contributed by atoms with Gasteiger partial charge >= 0.3 is 0 Å². The first kappa shape index (κ1) is 18.0. The third kappa shape index (κ3) is 4.44. The molecule has 25 heavy (non-hydrogen) atoms. The molecule has 0 radical (unpaired) electrons. The van der Waals surface area contributed by atoms with Gasteiger partial charge in [0, 0.05) is 16.6 Å². The molecule has 0 spiro atoms. The van der Waals surface area contributed by atoms with Crippen molar-refractivity contribution in [3.05, 3.63) is 82.0 Å². The summed E-state index contributed by atoms with van der Waals surface area (Å²) in [6, 6.07) is 18.6. The second kappa shape index (κ2) is 8.07. The minimum absolute atomic E-state index is 0.116. The van der Waals surface area contributed by atoms with Gasteiger partial charge in [0.15, 0.2) is 0 Å². The van der Waals surface area contributed by atoms with Crippen LogP contribution in [0.2, 0.25) is 10.0 Å². The number of rotatable bonds is 6. The molecule has 1 aromatic heterocycles. The van der Waals surface area contributed by atoms with Gasteiger partial charge in [-0.15, -0.1) is 0 Å². The summed E-state index contributed by atoms with van der Waals surface area (Å²) in [4.78, 5) is 0. The fraction of sp³-hybridized carbons (Fsp3) is 0.200. The zero-order valence-corrected chi connectivity index (χ0v) is 15.3. The van der Waals surface area contributed by atoms with Crippen LogP contribution in [-0.2, 0) is 6.54 Å². The Morgan fingerprint density at radius 2 is 1.80 bits per heavy atom. The van der Waals surface area contributed by atoms with Crippen LogP contribution in [0, 0.1) is 0 Å². The first-order valence-corrected chi connectivity index (χ1v) is 8.80. The highest BCUT2D eigenvalue weighted by atomic mass is 35.5. The summed E-state index contributed by atoms with van der Waals surface area (Å²) in [5.74, 6) is 1.46. The molecule has 3 aromatic rings. The Morgan fingerprint density at radius 1 is 1.04 bits per heavy atom. The minimum atomic E-state index is -0.582. The summed E-state index contributed by atoms with van der Waals surface area (Å²) in [6.45, 7) is 2.45. The molecule has 2 aromatic carbocycles. The average Bonchev–Trinajstić information content (AvgIpc) is 3.08. The second-order valence-corrected chi connectivity index (χ2v) is 6.76. The quantitative estimate of drug-likeness (QED) is 0.600. The van der Waals surface area contributed by atoms with E-state index in [9.17, 15) is 5.11 Å².